The lowest BCUT2D eigenvalue weighted by Crippen LogP contribution is -2.36. The van der Waals surface area contributed by atoms with E-state index in [0.717, 1.165) is 14.0 Å². The summed E-state index contributed by atoms with van der Waals surface area (Å²) in [5, 5.41) is 0. The molecule has 1 unspecified atom stereocenters. The number of hydrogen-bond acceptors (Lipinski definition) is 5. The molecule has 8 heteroatoms. The molecule has 1 fully saturated rings. The minimum Gasteiger partial charge on any atom is -0.371 e. The predicted molar refractivity (Wildman–Crippen MR) is 101 cm³/mol. The molecule has 0 amide bonds. The number of ether oxygens (including phenoxy) is 1. The van der Waals surface area contributed by atoms with E-state index in [1.807, 2.05) is 24.3 Å². The third-order valence-electron chi connectivity index (χ3n) is 4.61. The van der Waals surface area contributed by atoms with Crippen LogP contribution in [0.1, 0.15) is 28.6 Å². The molecule has 1 atom stereocenters. The summed E-state index contributed by atoms with van der Waals surface area (Å²) in [5.74, 6) is 0.0247. The molecule has 1 aromatic heterocycles. The molecule has 0 bridgehead atoms. The minimum absolute atomic E-state index is 0.0247. The summed E-state index contributed by atoms with van der Waals surface area (Å²) in [6, 6.07) is 11.3. The summed E-state index contributed by atoms with van der Waals surface area (Å²) in [5.41, 5.74) is -0.0204. The van der Waals surface area contributed by atoms with Crippen LogP contribution in [0, 0.1) is 0 Å². The van der Waals surface area contributed by atoms with Crippen LogP contribution < -0.4 is 0 Å². The highest BCUT2D eigenvalue weighted by atomic mass is 32.2. The zero-order valence-electron chi connectivity index (χ0n) is 15.0. The van der Waals surface area contributed by atoms with Gasteiger partial charge in [-0.15, -0.1) is 11.3 Å². The zero-order valence-corrected chi connectivity index (χ0v) is 16.6. The van der Waals surface area contributed by atoms with Crippen LogP contribution in [0.3, 0.4) is 0 Å². The number of nitrogens with zero attached hydrogens (tertiary/aromatic N) is 1. The van der Waals surface area contributed by atoms with Crippen LogP contribution in [0.5, 0.6) is 0 Å². The smallest absolute Gasteiger partial charge is 0.371 e. The van der Waals surface area contributed by atoms with E-state index < -0.39 is 18.3 Å². The van der Waals surface area contributed by atoms with Gasteiger partial charge in [-0.1, -0.05) is 23.9 Å². The van der Waals surface area contributed by atoms with Crippen molar-refractivity contribution in [2.75, 3.05) is 26.7 Å². The standard InChI is InChI=1S/C19H20F3NO2S2/c1-13(24)14-3-5-15(6-4-14)26-17-8-7-16(27-17)18(25-2)9-10-23(11-18)12-19(20,21)22/h3-8H,9-12H2,1-2H3. The van der Waals surface area contributed by atoms with E-state index in [-0.39, 0.29) is 12.3 Å². The Morgan fingerprint density at radius 2 is 1.96 bits per heavy atom. The second kappa shape index (κ2) is 7.95. The number of alkyl halides is 3. The molecule has 0 radical (unpaired) electrons. The monoisotopic (exact) mass is 415 g/mol. The number of Topliss-reactive ketones (excluding diaryl/α,β-unsaturated/α-hetero) is 1. The van der Waals surface area contributed by atoms with Crippen LogP contribution in [0.15, 0.2) is 45.5 Å². The molecule has 3 rings (SSSR count). The van der Waals surface area contributed by atoms with Gasteiger partial charge >= 0.3 is 6.18 Å². The number of halogens is 3. The topological polar surface area (TPSA) is 29.5 Å². The molecule has 1 aromatic carbocycles. The van der Waals surface area contributed by atoms with Gasteiger partial charge in [-0.3, -0.25) is 9.69 Å². The summed E-state index contributed by atoms with van der Waals surface area (Å²) in [7, 11) is 1.56. The van der Waals surface area contributed by atoms with Gasteiger partial charge in [-0.2, -0.15) is 13.2 Å². The Labute approximate surface area is 164 Å². The maximum atomic E-state index is 12.7. The van der Waals surface area contributed by atoms with E-state index in [9.17, 15) is 18.0 Å². The van der Waals surface area contributed by atoms with Gasteiger partial charge in [-0.05, 0) is 37.6 Å². The van der Waals surface area contributed by atoms with E-state index >= 15 is 0 Å². The Bertz CT molecular complexity index is 804. The second-order valence-electron chi connectivity index (χ2n) is 6.58. The van der Waals surface area contributed by atoms with Crippen molar-refractivity contribution < 1.29 is 22.7 Å². The van der Waals surface area contributed by atoms with Crippen molar-refractivity contribution in [3.63, 3.8) is 0 Å². The maximum absolute atomic E-state index is 12.7. The van der Waals surface area contributed by atoms with E-state index in [4.69, 9.17) is 4.74 Å². The van der Waals surface area contributed by atoms with Crippen molar-refractivity contribution >= 4 is 28.9 Å². The number of rotatable bonds is 6. The quantitative estimate of drug-likeness (QED) is 0.606. The molecule has 2 aromatic rings. The van der Waals surface area contributed by atoms with Gasteiger partial charge in [0.25, 0.3) is 0 Å². The van der Waals surface area contributed by atoms with Crippen LogP contribution in [0.25, 0.3) is 0 Å². The average Bonchev–Trinajstić information content (AvgIpc) is 3.22. The van der Waals surface area contributed by atoms with Gasteiger partial charge in [0.15, 0.2) is 5.78 Å². The Morgan fingerprint density at radius 1 is 1.26 bits per heavy atom. The molecule has 1 saturated heterocycles. The maximum Gasteiger partial charge on any atom is 0.401 e. The lowest BCUT2D eigenvalue weighted by atomic mass is 10.0. The Hall–Kier alpha value is -1.35. The van der Waals surface area contributed by atoms with Gasteiger partial charge in [0.2, 0.25) is 0 Å². The fourth-order valence-electron chi connectivity index (χ4n) is 3.21. The fraction of sp³-hybridized carbons (Fsp3) is 0.421. The van der Waals surface area contributed by atoms with Crippen LogP contribution in [-0.4, -0.2) is 43.6 Å². The van der Waals surface area contributed by atoms with Crippen LogP contribution in [-0.2, 0) is 10.3 Å². The van der Waals surface area contributed by atoms with Crippen molar-refractivity contribution in [2.45, 2.75) is 34.2 Å². The molecule has 1 aliphatic heterocycles. The van der Waals surface area contributed by atoms with Crippen molar-refractivity contribution in [1.82, 2.24) is 4.90 Å². The highest BCUT2D eigenvalue weighted by Crippen LogP contribution is 2.43. The molecule has 0 N–H and O–H groups in total. The molecule has 146 valence electrons. The largest absolute Gasteiger partial charge is 0.401 e. The highest BCUT2D eigenvalue weighted by molar-refractivity contribution is 8.01. The number of thiophene rings is 1. The second-order valence-corrected chi connectivity index (χ2v) is 9.03. The lowest BCUT2D eigenvalue weighted by Gasteiger charge is -2.27. The van der Waals surface area contributed by atoms with E-state index in [2.05, 4.69) is 0 Å². The summed E-state index contributed by atoms with van der Waals surface area (Å²) >= 11 is 3.11. The molecule has 27 heavy (non-hydrogen) atoms. The zero-order chi connectivity index (χ0) is 19.7. The lowest BCUT2D eigenvalue weighted by molar-refractivity contribution is -0.145. The third-order valence-corrected chi connectivity index (χ3v) is 7.02. The van der Waals surface area contributed by atoms with Gasteiger partial charge in [0, 0.05) is 35.5 Å². The van der Waals surface area contributed by atoms with Gasteiger partial charge in [-0.25, -0.2) is 0 Å². The summed E-state index contributed by atoms with van der Waals surface area (Å²) in [6.07, 6.45) is -3.66. The summed E-state index contributed by atoms with van der Waals surface area (Å²) in [6.45, 7) is 1.22. The number of hydrogen-bond donors (Lipinski definition) is 0. The molecule has 0 aliphatic carbocycles. The number of ketones is 1. The first-order valence-electron chi connectivity index (χ1n) is 8.44. The predicted octanol–water partition coefficient (Wildman–Crippen LogP) is 5.21. The van der Waals surface area contributed by atoms with Crippen LogP contribution in [0.4, 0.5) is 13.2 Å². The number of carbonyl (C=O) groups is 1. The molecule has 1 aliphatic rings. The molecule has 0 spiro atoms. The third kappa shape index (κ3) is 4.93. The van der Waals surface area contributed by atoms with Crippen molar-refractivity contribution in [3.05, 3.63) is 46.8 Å². The Kier molecular flexibility index (Phi) is 6.00. The number of methoxy groups -OCH3 is 1. The first-order chi connectivity index (χ1) is 12.7. The first-order valence-corrected chi connectivity index (χ1v) is 10.1. The van der Waals surface area contributed by atoms with Gasteiger partial charge in [0.1, 0.15) is 5.60 Å². The SMILES string of the molecule is COC1(c2ccc(Sc3ccc(C(C)=O)cc3)s2)CCN(CC(F)(F)F)C1. The Morgan fingerprint density at radius 3 is 2.56 bits per heavy atom. The first kappa shape index (κ1) is 20.4. The van der Waals surface area contributed by atoms with Crippen molar-refractivity contribution in [1.29, 1.82) is 0 Å². The normalized spacial score (nSPS) is 20.9. The van der Waals surface area contributed by atoms with Crippen molar-refractivity contribution in [2.24, 2.45) is 0 Å². The number of likely N-dealkylation sites (tertiary alicyclic amines) is 1. The molecule has 3 nitrogen and oxygen atoms in total. The van der Waals surface area contributed by atoms with E-state index in [1.165, 1.54) is 11.8 Å². The van der Waals surface area contributed by atoms with E-state index in [1.54, 1.807) is 42.3 Å². The van der Waals surface area contributed by atoms with Gasteiger partial charge in [0.05, 0.1) is 10.8 Å². The van der Waals surface area contributed by atoms with Crippen molar-refractivity contribution in [3.8, 4) is 0 Å². The summed E-state index contributed by atoms with van der Waals surface area (Å²) in [4.78, 5) is 14.7. The Balaban J connectivity index is 1.71. The average molecular weight is 416 g/mol. The number of benzene rings is 1. The van der Waals surface area contributed by atoms with E-state index in [0.29, 0.717) is 18.5 Å². The van der Waals surface area contributed by atoms with Gasteiger partial charge < -0.3 is 4.74 Å². The van der Waals surface area contributed by atoms with Crippen LogP contribution in [0.2, 0.25) is 0 Å². The highest BCUT2D eigenvalue weighted by Gasteiger charge is 2.44. The van der Waals surface area contributed by atoms with Crippen LogP contribution >= 0.6 is 23.1 Å². The molecule has 0 saturated carbocycles. The minimum atomic E-state index is -4.20. The number of carbonyl (C=O) groups excluding carboxylic acids is 1. The molecular weight excluding hydrogens is 395 g/mol. The summed E-state index contributed by atoms with van der Waals surface area (Å²) < 4.78 is 44.8. The fourth-order valence-corrected chi connectivity index (χ4v) is 5.50. The molecular formula is C19H20F3NO2S2. The molecule has 2 heterocycles.